The summed E-state index contributed by atoms with van der Waals surface area (Å²) in [5, 5.41) is 0. The van der Waals surface area contributed by atoms with Crippen LogP contribution in [-0.4, -0.2) is 47.7 Å². The average Bonchev–Trinajstić information content (AvgIpc) is 2.74. The summed E-state index contributed by atoms with van der Waals surface area (Å²) in [5.41, 5.74) is 0.460. The molecule has 0 bridgehead atoms. The lowest BCUT2D eigenvalue weighted by molar-refractivity contribution is -0.204. The minimum atomic E-state index is -0.532. The summed E-state index contributed by atoms with van der Waals surface area (Å²) in [4.78, 5) is 29.3. The summed E-state index contributed by atoms with van der Waals surface area (Å²) in [6, 6.07) is 13.5. The second-order valence-electron chi connectivity index (χ2n) is 8.43. The quantitative estimate of drug-likeness (QED) is 0.866. The monoisotopic (exact) mass is 396 g/mol. The number of carbonyl (C=O) groups excluding carboxylic acids is 1. The maximum absolute atomic E-state index is 13.0. The topological polar surface area (TPSA) is 71.6 Å². The number of hydrogen-bond acceptors (Lipinski definition) is 4. The summed E-state index contributed by atoms with van der Waals surface area (Å²) >= 11 is 0. The fraction of sp³-hybridized carbons (Fsp3) is 0.478. The number of pyridine rings is 1. The van der Waals surface area contributed by atoms with E-state index in [1.807, 2.05) is 18.2 Å². The second-order valence-corrected chi connectivity index (χ2v) is 8.43. The van der Waals surface area contributed by atoms with E-state index in [9.17, 15) is 9.59 Å². The van der Waals surface area contributed by atoms with Crippen LogP contribution in [-0.2, 0) is 9.47 Å². The van der Waals surface area contributed by atoms with Crippen LogP contribution in [0.2, 0.25) is 0 Å². The lowest BCUT2D eigenvalue weighted by atomic mass is 9.75. The minimum absolute atomic E-state index is 0.0217. The molecule has 1 N–H and O–H groups in total. The molecule has 0 radical (unpaired) electrons. The van der Waals surface area contributed by atoms with Gasteiger partial charge in [0.2, 0.25) is 0 Å². The molecular weight excluding hydrogens is 368 g/mol. The maximum Gasteiger partial charge on any atom is 0.260 e. The van der Waals surface area contributed by atoms with Gasteiger partial charge < -0.3 is 19.4 Å². The number of aromatic amines is 1. The number of rotatable bonds is 3. The first-order chi connectivity index (χ1) is 14.0. The lowest BCUT2D eigenvalue weighted by Crippen LogP contribution is -2.59. The number of benzene rings is 1. The number of carbonyl (C=O) groups is 1. The number of nitrogens with zero attached hydrogens (tertiary/aromatic N) is 1. The predicted molar refractivity (Wildman–Crippen MR) is 110 cm³/mol. The number of nitrogens with one attached hydrogen (secondary N) is 1. The van der Waals surface area contributed by atoms with Crippen LogP contribution in [0.3, 0.4) is 0 Å². The normalized spacial score (nSPS) is 27.3. The van der Waals surface area contributed by atoms with Crippen molar-refractivity contribution in [3.63, 3.8) is 0 Å². The standard InChI is InChI=1S/C23H28N2O4/c1-16(2)19-13-23(15-28-20(19)17-7-4-3-5-8-17)14-25(11-12-29-23)22(27)18-9-6-10-24-21(18)26/h3-10,16,19-20H,11-15H2,1-2H3,(H,24,26)/t19-,20-,23-/m0/s1. The van der Waals surface area contributed by atoms with Gasteiger partial charge in [0.25, 0.3) is 11.5 Å². The molecular formula is C23H28N2O4. The molecule has 2 saturated heterocycles. The fourth-order valence-electron chi connectivity index (χ4n) is 4.52. The molecule has 1 aromatic heterocycles. The molecule has 1 amide bonds. The van der Waals surface area contributed by atoms with Gasteiger partial charge in [0, 0.05) is 12.7 Å². The van der Waals surface area contributed by atoms with Crippen LogP contribution < -0.4 is 5.56 Å². The summed E-state index contributed by atoms with van der Waals surface area (Å²) in [7, 11) is 0. The third-order valence-corrected chi connectivity index (χ3v) is 6.09. The molecule has 0 unspecified atom stereocenters. The molecule has 2 aromatic rings. The van der Waals surface area contributed by atoms with Crippen LogP contribution in [0, 0.1) is 11.8 Å². The highest BCUT2D eigenvalue weighted by atomic mass is 16.6. The van der Waals surface area contributed by atoms with Crippen molar-refractivity contribution in [2.24, 2.45) is 11.8 Å². The summed E-state index contributed by atoms with van der Waals surface area (Å²) in [6.07, 6.45) is 2.37. The Morgan fingerprint density at radius 3 is 2.72 bits per heavy atom. The van der Waals surface area contributed by atoms with Gasteiger partial charge in [-0.2, -0.15) is 0 Å². The first kappa shape index (κ1) is 19.9. The molecule has 154 valence electrons. The van der Waals surface area contributed by atoms with Crippen molar-refractivity contribution < 1.29 is 14.3 Å². The van der Waals surface area contributed by atoms with E-state index in [2.05, 4.69) is 31.0 Å². The van der Waals surface area contributed by atoms with Crippen LogP contribution in [0.15, 0.2) is 53.5 Å². The van der Waals surface area contributed by atoms with Crippen LogP contribution in [0.4, 0.5) is 0 Å². The first-order valence-electron chi connectivity index (χ1n) is 10.3. The molecule has 3 heterocycles. The number of hydrogen-bond donors (Lipinski definition) is 1. The van der Waals surface area contributed by atoms with E-state index in [1.165, 1.54) is 11.8 Å². The molecule has 2 fully saturated rings. The third kappa shape index (κ3) is 4.00. The van der Waals surface area contributed by atoms with Gasteiger partial charge in [-0.3, -0.25) is 9.59 Å². The summed E-state index contributed by atoms with van der Waals surface area (Å²) in [6.45, 7) is 6.20. The van der Waals surface area contributed by atoms with Crippen molar-refractivity contribution in [3.8, 4) is 0 Å². The smallest absolute Gasteiger partial charge is 0.260 e. The number of aromatic nitrogens is 1. The van der Waals surface area contributed by atoms with E-state index in [-0.39, 0.29) is 29.1 Å². The summed E-state index contributed by atoms with van der Waals surface area (Å²) in [5.74, 6) is 0.436. The maximum atomic E-state index is 13.0. The Bertz CT molecular complexity index is 910. The zero-order valence-corrected chi connectivity index (χ0v) is 17.0. The van der Waals surface area contributed by atoms with Crippen molar-refractivity contribution in [2.75, 3.05) is 26.3 Å². The van der Waals surface area contributed by atoms with Crippen LogP contribution in [0.1, 0.15) is 42.3 Å². The zero-order chi connectivity index (χ0) is 20.4. The van der Waals surface area contributed by atoms with Gasteiger partial charge >= 0.3 is 0 Å². The SMILES string of the molecule is CC(C)[C@@H]1C[C@@]2(CO[C@H]1c1ccccc1)CN(C(=O)c1ccc[nH]c1=O)CCO2. The van der Waals surface area contributed by atoms with E-state index in [1.54, 1.807) is 17.0 Å². The van der Waals surface area contributed by atoms with Crippen molar-refractivity contribution in [2.45, 2.75) is 32.0 Å². The highest BCUT2D eigenvalue weighted by molar-refractivity contribution is 5.93. The number of morpholine rings is 1. The van der Waals surface area contributed by atoms with Crippen LogP contribution in [0.5, 0.6) is 0 Å². The van der Waals surface area contributed by atoms with E-state index in [4.69, 9.17) is 9.47 Å². The van der Waals surface area contributed by atoms with E-state index in [0.29, 0.717) is 32.2 Å². The van der Waals surface area contributed by atoms with Crippen molar-refractivity contribution >= 4 is 5.91 Å². The largest absolute Gasteiger partial charge is 0.370 e. The number of ether oxygens (including phenoxy) is 2. The van der Waals surface area contributed by atoms with Gasteiger partial charge in [-0.15, -0.1) is 0 Å². The molecule has 6 nitrogen and oxygen atoms in total. The molecule has 6 heteroatoms. The molecule has 0 aliphatic carbocycles. The molecule has 1 aromatic carbocycles. The fourth-order valence-corrected chi connectivity index (χ4v) is 4.52. The summed E-state index contributed by atoms with van der Waals surface area (Å²) < 4.78 is 12.6. The predicted octanol–water partition coefficient (Wildman–Crippen LogP) is 3.02. The van der Waals surface area contributed by atoms with Gasteiger partial charge in [0.15, 0.2) is 0 Å². The first-order valence-corrected chi connectivity index (χ1v) is 10.3. The zero-order valence-electron chi connectivity index (χ0n) is 17.0. The van der Waals surface area contributed by atoms with E-state index >= 15 is 0 Å². The highest BCUT2D eigenvalue weighted by Crippen LogP contribution is 2.44. The van der Waals surface area contributed by atoms with Crippen molar-refractivity contribution in [3.05, 3.63) is 70.1 Å². The average molecular weight is 396 g/mol. The second kappa shape index (κ2) is 8.13. The Morgan fingerprint density at radius 2 is 2.00 bits per heavy atom. The van der Waals surface area contributed by atoms with Gasteiger partial charge in [-0.25, -0.2) is 0 Å². The number of H-pyrrole nitrogens is 1. The number of amides is 1. The highest BCUT2D eigenvalue weighted by Gasteiger charge is 2.47. The molecule has 4 rings (SSSR count). The Kier molecular flexibility index (Phi) is 5.56. The minimum Gasteiger partial charge on any atom is -0.370 e. The van der Waals surface area contributed by atoms with E-state index in [0.717, 1.165) is 6.42 Å². The van der Waals surface area contributed by atoms with Gasteiger partial charge in [0.1, 0.15) is 11.2 Å². The Hall–Kier alpha value is -2.44. The molecule has 0 saturated carbocycles. The third-order valence-electron chi connectivity index (χ3n) is 6.09. The Balaban J connectivity index is 1.54. The van der Waals surface area contributed by atoms with Crippen LogP contribution >= 0.6 is 0 Å². The van der Waals surface area contributed by atoms with E-state index < -0.39 is 5.60 Å². The molecule has 2 aliphatic rings. The Morgan fingerprint density at radius 1 is 1.21 bits per heavy atom. The van der Waals surface area contributed by atoms with Crippen molar-refractivity contribution in [1.82, 2.24) is 9.88 Å². The van der Waals surface area contributed by atoms with Gasteiger partial charge in [-0.1, -0.05) is 44.2 Å². The molecule has 2 aliphatic heterocycles. The lowest BCUT2D eigenvalue weighted by Gasteiger charge is -2.50. The van der Waals surface area contributed by atoms with Crippen molar-refractivity contribution in [1.29, 1.82) is 0 Å². The van der Waals surface area contributed by atoms with Gasteiger partial charge in [-0.05, 0) is 36.0 Å². The molecule has 29 heavy (non-hydrogen) atoms. The van der Waals surface area contributed by atoms with Crippen LogP contribution in [0.25, 0.3) is 0 Å². The molecule has 1 spiro atoms. The Labute approximate surface area is 170 Å². The van der Waals surface area contributed by atoms with Gasteiger partial charge in [0.05, 0.1) is 25.9 Å². The molecule has 3 atom stereocenters.